The Morgan fingerprint density at radius 3 is 2.43 bits per heavy atom. The summed E-state index contributed by atoms with van der Waals surface area (Å²) in [5.74, 6) is 4.95. The van der Waals surface area contributed by atoms with Crippen molar-refractivity contribution in [2.45, 2.75) is 13.0 Å². The van der Waals surface area contributed by atoms with Crippen molar-refractivity contribution in [3.63, 3.8) is 0 Å². The molecule has 3 N–H and O–H groups in total. The van der Waals surface area contributed by atoms with Crippen molar-refractivity contribution in [3.8, 4) is 0 Å². The fourth-order valence-electron chi connectivity index (χ4n) is 1.13. The van der Waals surface area contributed by atoms with Crippen molar-refractivity contribution in [2.24, 2.45) is 5.90 Å². The van der Waals surface area contributed by atoms with Crippen LogP contribution < -0.4 is 11.2 Å². The van der Waals surface area contributed by atoms with E-state index in [9.17, 15) is 4.79 Å². The zero-order valence-corrected chi connectivity index (χ0v) is 8.28. The highest BCUT2D eigenvalue weighted by molar-refractivity contribution is 5.93. The first-order valence-corrected chi connectivity index (χ1v) is 4.36. The summed E-state index contributed by atoms with van der Waals surface area (Å²) >= 11 is 0. The molecule has 0 aliphatic rings. The number of benzene rings is 1. The Morgan fingerprint density at radius 1 is 1.43 bits per heavy atom. The van der Waals surface area contributed by atoms with Crippen molar-refractivity contribution in [3.05, 3.63) is 35.4 Å². The molecule has 1 amide bonds. The van der Waals surface area contributed by atoms with E-state index in [1.165, 1.54) is 0 Å². The van der Waals surface area contributed by atoms with E-state index in [1.54, 1.807) is 19.2 Å². The zero-order valence-electron chi connectivity index (χ0n) is 8.28. The van der Waals surface area contributed by atoms with Crippen molar-refractivity contribution in [1.29, 1.82) is 0 Å². The number of carbonyl (C=O) groups excluding carboxylic acids is 1. The lowest BCUT2D eigenvalue weighted by atomic mass is 10.1. The van der Waals surface area contributed by atoms with Gasteiger partial charge in [-0.3, -0.25) is 9.63 Å². The molecule has 1 rings (SSSR count). The highest BCUT2D eigenvalue weighted by Crippen LogP contribution is 2.15. The number of nitrogens with two attached hydrogens (primary N) is 1. The van der Waals surface area contributed by atoms with Crippen molar-refractivity contribution in [1.82, 2.24) is 5.32 Å². The highest BCUT2D eigenvalue weighted by Gasteiger charge is 2.06. The third-order valence-corrected chi connectivity index (χ3v) is 2.07. The van der Waals surface area contributed by atoms with Gasteiger partial charge < -0.3 is 5.32 Å². The lowest BCUT2D eigenvalue weighted by molar-refractivity contribution is 0.0664. The average molecular weight is 194 g/mol. The Bertz CT molecular complexity index is 308. The van der Waals surface area contributed by atoms with E-state index in [4.69, 9.17) is 5.90 Å². The van der Waals surface area contributed by atoms with Gasteiger partial charge in [-0.1, -0.05) is 12.1 Å². The summed E-state index contributed by atoms with van der Waals surface area (Å²) in [5, 5.41) is 2.55. The monoisotopic (exact) mass is 194 g/mol. The second-order valence-corrected chi connectivity index (χ2v) is 2.98. The van der Waals surface area contributed by atoms with Crippen LogP contribution in [-0.4, -0.2) is 13.0 Å². The van der Waals surface area contributed by atoms with Crippen LogP contribution >= 0.6 is 0 Å². The van der Waals surface area contributed by atoms with Gasteiger partial charge in [-0.15, -0.1) is 0 Å². The number of hydrogen-bond acceptors (Lipinski definition) is 3. The Morgan fingerprint density at radius 2 is 2.00 bits per heavy atom. The van der Waals surface area contributed by atoms with Crippen molar-refractivity contribution in [2.75, 3.05) is 7.05 Å². The van der Waals surface area contributed by atoms with Gasteiger partial charge >= 0.3 is 0 Å². The standard InChI is InChI=1S/C10H14N2O2/c1-7(14-11)8-3-5-9(6-4-8)10(13)12-2/h3-7H,11H2,1-2H3,(H,12,13). The predicted octanol–water partition coefficient (Wildman–Crippen LogP) is 0.998. The fourth-order valence-corrected chi connectivity index (χ4v) is 1.13. The second kappa shape index (κ2) is 4.74. The molecule has 1 aromatic carbocycles. The minimum absolute atomic E-state index is 0.0992. The van der Waals surface area contributed by atoms with E-state index < -0.39 is 0 Å². The van der Waals surface area contributed by atoms with Gasteiger partial charge in [0, 0.05) is 12.6 Å². The molecule has 0 saturated carbocycles. The molecule has 4 nitrogen and oxygen atoms in total. The van der Waals surface area contributed by atoms with Crippen LogP contribution in [0.4, 0.5) is 0 Å². The van der Waals surface area contributed by atoms with Crippen LogP contribution in [0, 0.1) is 0 Å². The quantitative estimate of drug-likeness (QED) is 0.705. The first-order chi connectivity index (χ1) is 6.69. The molecule has 0 spiro atoms. The maximum atomic E-state index is 11.2. The third-order valence-electron chi connectivity index (χ3n) is 2.07. The Kier molecular flexibility index (Phi) is 3.62. The maximum Gasteiger partial charge on any atom is 0.251 e. The Balaban J connectivity index is 2.83. The zero-order chi connectivity index (χ0) is 10.6. The number of amides is 1. The van der Waals surface area contributed by atoms with Gasteiger partial charge in [-0.05, 0) is 24.6 Å². The molecule has 14 heavy (non-hydrogen) atoms. The second-order valence-electron chi connectivity index (χ2n) is 2.98. The van der Waals surface area contributed by atoms with Crippen LogP contribution in [0.5, 0.6) is 0 Å². The highest BCUT2D eigenvalue weighted by atomic mass is 16.6. The van der Waals surface area contributed by atoms with E-state index in [2.05, 4.69) is 10.2 Å². The maximum absolute atomic E-state index is 11.2. The summed E-state index contributed by atoms with van der Waals surface area (Å²) in [6.45, 7) is 1.84. The smallest absolute Gasteiger partial charge is 0.251 e. The average Bonchev–Trinajstić information content (AvgIpc) is 2.27. The minimum Gasteiger partial charge on any atom is -0.355 e. The van der Waals surface area contributed by atoms with Crippen LogP contribution in [0.3, 0.4) is 0 Å². The lowest BCUT2D eigenvalue weighted by Crippen LogP contribution is -2.17. The van der Waals surface area contributed by atoms with E-state index in [0.717, 1.165) is 5.56 Å². The van der Waals surface area contributed by atoms with E-state index in [0.29, 0.717) is 5.56 Å². The molecule has 0 aliphatic carbocycles. The number of hydrogen-bond donors (Lipinski definition) is 2. The van der Waals surface area contributed by atoms with Gasteiger partial charge in [-0.25, -0.2) is 5.90 Å². The molecule has 76 valence electrons. The van der Waals surface area contributed by atoms with Gasteiger partial charge in [0.2, 0.25) is 0 Å². The van der Waals surface area contributed by atoms with Crippen LogP contribution in [0.2, 0.25) is 0 Å². The number of rotatable bonds is 3. The largest absolute Gasteiger partial charge is 0.355 e. The van der Waals surface area contributed by atoms with Gasteiger partial charge in [0.25, 0.3) is 5.91 Å². The first-order valence-electron chi connectivity index (χ1n) is 4.36. The van der Waals surface area contributed by atoms with Crippen LogP contribution in [-0.2, 0) is 4.84 Å². The van der Waals surface area contributed by atoms with Gasteiger partial charge in [0.05, 0.1) is 0 Å². The summed E-state index contributed by atoms with van der Waals surface area (Å²) in [5.41, 5.74) is 1.57. The SMILES string of the molecule is CNC(=O)c1ccc(C(C)ON)cc1. The van der Waals surface area contributed by atoms with E-state index in [1.807, 2.05) is 19.1 Å². The molecule has 4 heteroatoms. The molecular formula is C10H14N2O2. The topological polar surface area (TPSA) is 64.3 Å². The Labute approximate surface area is 83.0 Å². The fraction of sp³-hybridized carbons (Fsp3) is 0.300. The minimum atomic E-state index is -0.159. The normalized spacial score (nSPS) is 12.2. The molecular weight excluding hydrogens is 180 g/mol. The lowest BCUT2D eigenvalue weighted by Gasteiger charge is -2.08. The summed E-state index contributed by atoms with van der Waals surface area (Å²) in [7, 11) is 1.60. The molecule has 1 aromatic rings. The number of carbonyl (C=O) groups is 1. The van der Waals surface area contributed by atoms with E-state index in [-0.39, 0.29) is 12.0 Å². The van der Waals surface area contributed by atoms with Crippen LogP contribution in [0.15, 0.2) is 24.3 Å². The third kappa shape index (κ3) is 2.31. The predicted molar refractivity (Wildman–Crippen MR) is 53.5 cm³/mol. The van der Waals surface area contributed by atoms with Gasteiger partial charge in [-0.2, -0.15) is 0 Å². The summed E-state index contributed by atoms with van der Waals surface area (Å²) < 4.78 is 0. The molecule has 0 fully saturated rings. The molecule has 0 bridgehead atoms. The molecule has 1 unspecified atom stereocenters. The first kappa shape index (κ1) is 10.7. The molecule has 0 radical (unpaired) electrons. The molecule has 0 heterocycles. The summed E-state index contributed by atoms with van der Waals surface area (Å²) in [6, 6.07) is 7.12. The molecule has 0 aliphatic heterocycles. The summed E-state index contributed by atoms with van der Waals surface area (Å²) in [4.78, 5) is 15.9. The Hall–Kier alpha value is -1.39. The molecule has 1 atom stereocenters. The van der Waals surface area contributed by atoms with Crippen molar-refractivity contribution >= 4 is 5.91 Å². The van der Waals surface area contributed by atoms with Crippen molar-refractivity contribution < 1.29 is 9.63 Å². The number of nitrogens with one attached hydrogen (secondary N) is 1. The van der Waals surface area contributed by atoms with E-state index >= 15 is 0 Å². The van der Waals surface area contributed by atoms with Crippen LogP contribution in [0.25, 0.3) is 0 Å². The van der Waals surface area contributed by atoms with Gasteiger partial charge in [0.15, 0.2) is 0 Å². The summed E-state index contributed by atoms with van der Waals surface area (Å²) in [6.07, 6.45) is -0.159. The van der Waals surface area contributed by atoms with Crippen LogP contribution in [0.1, 0.15) is 28.9 Å². The van der Waals surface area contributed by atoms with Gasteiger partial charge in [0.1, 0.15) is 6.10 Å². The molecule has 0 aromatic heterocycles. The molecule has 0 saturated heterocycles.